The average molecular weight is 505 g/mol. The summed E-state index contributed by atoms with van der Waals surface area (Å²) in [6.45, 7) is 7.09. The van der Waals surface area contributed by atoms with Crippen LogP contribution in [0.3, 0.4) is 0 Å². The molecule has 5 rings (SSSR count). The number of piperidine rings is 1. The Bertz CT molecular complexity index is 1240. The maximum atomic E-state index is 13.5. The van der Waals surface area contributed by atoms with Crippen molar-refractivity contribution in [2.45, 2.75) is 56.9 Å². The Hall–Kier alpha value is -3.17. The van der Waals surface area contributed by atoms with Gasteiger partial charge in [0.15, 0.2) is 5.16 Å². The van der Waals surface area contributed by atoms with Crippen LogP contribution in [-0.4, -0.2) is 55.9 Å². The number of hydrogen-bond donors (Lipinski definition) is 1. The van der Waals surface area contributed by atoms with Crippen LogP contribution >= 0.6 is 11.8 Å². The Morgan fingerprint density at radius 2 is 1.69 bits per heavy atom. The fourth-order valence-electron chi connectivity index (χ4n) is 4.87. The van der Waals surface area contributed by atoms with Crippen LogP contribution in [0, 0.1) is 0 Å². The molecule has 36 heavy (non-hydrogen) atoms. The standard InChI is InChI=1S/C27H32N6O2S/c1-27(2)25(35)28-21-13-7-8-14-22(21)33(27)24(34)19-36-26-30-29-23(18-31-15-9-4-10-16-31)32(26)17-20-11-5-3-6-12-20/h3,5-8,11-14H,4,9-10,15-19H2,1-2H3,(H,28,35). The molecule has 2 aromatic carbocycles. The number of carbonyl (C=O) groups excluding carboxylic acids is 2. The van der Waals surface area contributed by atoms with Crippen LogP contribution in [0.25, 0.3) is 0 Å². The molecule has 1 N–H and O–H groups in total. The summed E-state index contributed by atoms with van der Waals surface area (Å²) in [4.78, 5) is 30.4. The van der Waals surface area contributed by atoms with Crippen molar-refractivity contribution in [1.82, 2.24) is 19.7 Å². The molecule has 3 heterocycles. The van der Waals surface area contributed by atoms with Gasteiger partial charge >= 0.3 is 0 Å². The van der Waals surface area contributed by atoms with Crippen molar-refractivity contribution in [3.05, 3.63) is 66.0 Å². The summed E-state index contributed by atoms with van der Waals surface area (Å²) in [6.07, 6.45) is 3.71. The molecule has 3 aromatic rings. The van der Waals surface area contributed by atoms with Crippen molar-refractivity contribution in [2.75, 3.05) is 29.1 Å². The predicted molar refractivity (Wildman–Crippen MR) is 142 cm³/mol. The van der Waals surface area contributed by atoms with Crippen molar-refractivity contribution in [3.8, 4) is 0 Å². The lowest BCUT2D eigenvalue weighted by atomic mass is 9.96. The van der Waals surface area contributed by atoms with Crippen molar-refractivity contribution >= 4 is 35.0 Å². The number of likely N-dealkylation sites (tertiary alicyclic amines) is 1. The number of anilines is 2. The summed E-state index contributed by atoms with van der Waals surface area (Å²) in [6, 6.07) is 17.7. The van der Waals surface area contributed by atoms with Crippen LogP contribution in [0.5, 0.6) is 0 Å². The minimum absolute atomic E-state index is 0.140. The molecule has 1 saturated heterocycles. The molecule has 2 aliphatic heterocycles. The zero-order valence-corrected chi connectivity index (χ0v) is 21.6. The van der Waals surface area contributed by atoms with E-state index in [0.29, 0.717) is 23.1 Å². The summed E-state index contributed by atoms with van der Waals surface area (Å²) in [7, 11) is 0. The highest BCUT2D eigenvalue weighted by Gasteiger charge is 2.43. The second-order valence-corrected chi connectivity index (χ2v) is 10.8. The van der Waals surface area contributed by atoms with Crippen molar-refractivity contribution in [3.63, 3.8) is 0 Å². The van der Waals surface area contributed by atoms with Gasteiger partial charge < -0.3 is 9.88 Å². The Morgan fingerprint density at radius 1 is 0.972 bits per heavy atom. The molecule has 0 aliphatic carbocycles. The first-order valence-electron chi connectivity index (χ1n) is 12.5. The minimum Gasteiger partial charge on any atom is -0.322 e. The molecule has 1 fully saturated rings. The van der Waals surface area contributed by atoms with E-state index in [-0.39, 0.29) is 17.6 Å². The van der Waals surface area contributed by atoms with Gasteiger partial charge in [0.2, 0.25) is 11.8 Å². The molecule has 0 unspecified atom stereocenters. The van der Waals surface area contributed by atoms with E-state index in [9.17, 15) is 9.59 Å². The van der Waals surface area contributed by atoms with E-state index in [1.165, 1.54) is 31.0 Å². The first-order chi connectivity index (χ1) is 17.4. The number of carbonyl (C=O) groups is 2. The highest BCUT2D eigenvalue weighted by molar-refractivity contribution is 7.99. The smallest absolute Gasteiger partial charge is 0.250 e. The van der Waals surface area contributed by atoms with E-state index < -0.39 is 5.54 Å². The van der Waals surface area contributed by atoms with Crippen molar-refractivity contribution < 1.29 is 9.59 Å². The number of fused-ring (bicyclic) bond motifs is 1. The number of benzene rings is 2. The third-order valence-electron chi connectivity index (χ3n) is 6.87. The van der Waals surface area contributed by atoms with Crippen LogP contribution in [0.2, 0.25) is 0 Å². The minimum atomic E-state index is -0.997. The molecule has 1 aromatic heterocycles. The number of para-hydroxylation sites is 2. The van der Waals surface area contributed by atoms with Crippen molar-refractivity contribution in [2.24, 2.45) is 0 Å². The highest BCUT2D eigenvalue weighted by Crippen LogP contribution is 2.37. The number of amides is 2. The van der Waals surface area contributed by atoms with Gasteiger partial charge in [0.1, 0.15) is 11.4 Å². The number of hydrogen-bond acceptors (Lipinski definition) is 6. The lowest BCUT2D eigenvalue weighted by Crippen LogP contribution is -2.59. The predicted octanol–water partition coefficient (Wildman–Crippen LogP) is 4.17. The van der Waals surface area contributed by atoms with Gasteiger partial charge in [-0.1, -0.05) is 60.6 Å². The van der Waals surface area contributed by atoms with Gasteiger partial charge in [-0.05, 0) is 57.5 Å². The SMILES string of the molecule is CC1(C)C(=O)Nc2ccccc2N1C(=O)CSc1nnc(CN2CCCCC2)n1Cc1ccccc1. The molecule has 188 valence electrons. The molecule has 0 saturated carbocycles. The molecule has 0 bridgehead atoms. The summed E-state index contributed by atoms with van der Waals surface area (Å²) in [5.41, 5.74) is 1.52. The van der Waals surface area contributed by atoms with Crippen LogP contribution in [0.1, 0.15) is 44.5 Å². The topological polar surface area (TPSA) is 83.4 Å². The fraction of sp³-hybridized carbons (Fsp3) is 0.407. The van der Waals surface area contributed by atoms with Crippen molar-refractivity contribution in [1.29, 1.82) is 0 Å². The summed E-state index contributed by atoms with van der Waals surface area (Å²) in [5, 5.41) is 12.7. The first-order valence-corrected chi connectivity index (χ1v) is 13.5. The number of nitrogens with one attached hydrogen (secondary N) is 1. The number of rotatable bonds is 7. The van der Waals surface area contributed by atoms with E-state index in [1.807, 2.05) is 42.5 Å². The van der Waals surface area contributed by atoms with Gasteiger partial charge in [-0.25, -0.2) is 0 Å². The summed E-state index contributed by atoms with van der Waals surface area (Å²) in [5.74, 6) is 0.732. The van der Waals surface area contributed by atoms with Gasteiger partial charge in [0.25, 0.3) is 0 Å². The molecular weight excluding hydrogens is 472 g/mol. The molecular formula is C27H32N6O2S. The maximum absolute atomic E-state index is 13.5. The number of aromatic nitrogens is 3. The molecule has 9 heteroatoms. The zero-order chi connectivity index (χ0) is 25.1. The average Bonchev–Trinajstić information content (AvgIpc) is 3.25. The monoisotopic (exact) mass is 504 g/mol. The van der Waals surface area contributed by atoms with E-state index in [0.717, 1.165) is 31.0 Å². The van der Waals surface area contributed by atoms with Gasteiger partial charge in [-0.2, -0.15) is 0 Å². The van der Waals surface area contributed by atoms with Gasteiger partial charge in [0.05, 0.1) is 30.2 Å². The van der Waals surface area contributed by atoms with Crippen LogP contribution in [0.4, 0.5) is 11.4 Å². The second kappa shape index (κ2) is 10.4. The lowest BCUT2D eigenvalue weighted by molar-refractivity contribution is -0.125. The van der Waals surface area contributed by atoms with E-state index in [1.54, 1.807) is 18.7 Å². The summed E-state index contributed by atoms with van der Waals surface area (Å²) >= 11 is 1.38. The highest BCUT2D eigenvalue weighted by atomic mass is 32.2. The Labute approximate surface area is 216 Å². The molecule has 2 aliphatic rings. The molecule has 8 nitrogen and oxygen atoms in total. The fourth-order valence-corrected chi connectivity index (χ4v) is 5.68. The number of nitrogens with zero attached hydrogens (tertiary/aromatic N) is 5. The number of thioether (sulfide) groups is 1. The Morgan fingerprint density at radius 3 is 2.47 bits per heavy atom. The summed E-state index contributed by atoms with van der Waals surface area (Å²) < 4.78 is 2.13. The van der Waals surface area contributed by atoms with E-state index in [2.05, 4.69) is 37.1 Å². The van der Waals surface area contributed by atoms with E-state index in [4.69, 9.17) is 0 Å². The van der Waals surface area contributed by atoms with Gasteiger partial charge in [-0.3, -0.25) is 19.4 Å². The first kappa shape index (κ1) is 24.5. The third kappa shape index (κ3) is 5.03. The Kier molecular flexibility index (Phi) is 7.11. The van der Waals surface area contributed by atoms with Crippen LogP contribution < -0.4 is 10.2 Å². The van der Waals surface area contributed by atoms with Gasteiger partial charge in [0, 0.05) is 0 Å². The van der Waals surface area contributed by atoms with Crippen LogP contribution in [0.15, 0.2) is 59.8 Å². The normalized spacial score (nSPS) is 17.5. The largest absolute Gasteiger partial charge is 0.322 e. The molecule has 2 amide bonds. The van der Waals surface area contributed by atoms with Gasteiger partial charge in [-0.15, -0.1) is 10.2 Å². The third-order valence-corrected chi connectivity index (χ3v) is 7.82. The molecule has 0 atom stereocenters. The second-order valence-electron chi connectivity index (χ2n) is 9.86. The van der Waals surface area contributed by atoms with Crippen LogP contribution in [-0.2, 0) is 22.7 Å². The Balaban J connectivity index is 1.38. The van der Waals surface area contributed by atoms with E-state index >= 15 is 0 Å². The lowest BCUT2D eigenvalue weighted by Gasteiger charge is -2.42. The molecule has 0 spiro atoms. The molecule has 0 radical (unpaired) electrons. The zero-order valence-electron chi connectivity index (χ0n) is 20.8. The maximum Gasteiger partial charge on any atom is 0.250 e. The quantitative estimate of drug-likeness (QED) is 0.487.